The Morgan fingerprint density at radius 2 is 2.33 bits per heavy atom. The number of carbonyl (C=O) groups is 1. The molecule has 1 aromatic rings. The maximum Gasteiger partial charge on any atom is 0.337 e. The maximum atomic E-state index is 11.4. The molecule has 1 atom stereocenters. The molecule has 3 N–H and O–H groups in total. The first-order valence-corrected chi connectivity index (χ1v) is 6.02. The third kappa shape index (κ3) is 2.56. The molecule has 98 valence electrons. The van der Waals surface area contributed by atoms with Crippen LogP contribution < -0.4 is 10.6 Å². The number of carbonyl (C=O) groups excluding carboxylic acids is 1. The topological polar surface area (TPSA) is 75.8 Å². The number of aliphatic hydroxyl groups is 1. The predicted molar refractivity (Wildman–Crippen MR) is 69.6 cm³/mol. The number of methoxy groups -OCH3 is 1. The number of β-amino-alcohol motifs (C(OH)–C–C–N with tert-alkyl or cyclic N) is 1. The molecule has 2 rings (SSSR count). The molecule has 1 aliphatic heterocycles. The third-order valence-electron chi connectivity index (χ3n) is 3.19. The molecule has 0 aromatic heterocycles. The Morgan fingerprint density at radius 3 is 2.94 bits per heavy atom. The highest BCUT2D eigenvalue weighted by Crippen LogP contribution is 2.27. The smallest absolute Gasteiger partial charge is 0.337 e. The van der Waals surface area contributed by atoms with Crippen LogP contribution in [0.4, 0.5) is 11.4 Å². The van der Waals surface area contributed by atoms with Crippen molar-refractivity contribution in [2.45, 2.75) is 18.9 Å². The van der Waals surface area contributed by atoms with Gasteiger partial charge in [0, 0.05) is 13.1 Å². The van der Waals surface area contributed by atoms with Crippen LogP contribution in [0.1, 0.15) is 23.2 Å². The molecule has 0 amide bonds. The Labute approximate surface area is 106 Å². The number of esters is 1. The summed E-state index contributed by atoms with van der Waals surface area (Å²) >= 11 is 0. The summed E-state index contributed by atoms with van der Waals surface area (Å²) in [5.41, 5.74) is 7.80. The lowest BCUT2D eigenvalue weighted by atomic mass is 10.1. The normalized spacial score (nSPS) is 19.7. The monoisotopic (exact) mass is 250 g/mol. The van der Waals surface area contributed by atoms with Gasteiger partial charge in [0.05, 0.1) is 30.2 Å². The van der Waals surface area contributed by atoms with Crippen LogP contribution in [0.15, 0.2) is 18.2 Å². The van der Waals surface area contributed by atoms with Crippen LogP contribution in [0, 0.1) is 0 Å². The Balaban J connectivity index is 2.21. The van der Waals surface area contributed by atoms with Crippen LogP contribution in [-0.2, 0) is 4.74 Å². The molecular formula is C13H18N2O3. The first-order valence-electron chi connectivity index (χ1n) is 6.02. The lowest BCUT2D eigenvalue weighted by Gasteiger charge is -2.32. The van der Waals surface area contributed by atoms with Gasteiger partial charge in [0.2, 0.25) is 0 Å². The quantitative estimate of drug-likeness (QED) is 0.605. The fourth-order valence-corrected chi connectivity index (χ4v) is 2.26. The molecule has 5 heteroatoms. The summed E-state index contributed by atoms with van der Waals surface area (Å²) in [4.78, 5) is 13.4. The van der Waals surface area contributed by atoms with Gasteiger partial charge in [-0.3, -0.25) is 0 Å². The molecule has 5 nitrogen and oxygen atoms in total. The highest BCUT2D eigenvalue weighted by molar-refractivity contribution is 5.92. The van der Waals surface area contributed by atoms with Gasteiger partial charge in [0.15, 0.2) is 0 Å². The molecule has 1 fully saturated rings. The molecule has 1 aromatic carbocycles. The summed E-state index contributed by atoms with van der Waals surface area (Å²) in [6.07, 6.45) is 1.47. The second-order valence-electron chi connectivity index (χ2n) is 4.51. The van der Waals surface area contributed by atoms with E-state index in [1.807, 2.05) is 4.90 Å². The van der Waals surface area contributed by atoms with E-state index < -0.39 is 5.97 Å². The summed E-state index contributed by atoms with van der Waals surface area (Å²) in [6, 6.07) is 5.11. The van der Waals surface area contributed by atoms with Crippen molar-refractivity contribution in [3.8, 4) is 0 Å². The van der Waals surface area contributed by atoms with E-state index in [4.69, 9.17) is 5.73 Å². The van der Waals surface area contributed by atoms with Gasteiger partial charge in [-0.15, -0.1) is 0 Å². The summed E-state index contributed by atoms with van der Waals surface area (Å²) in [7, 11) is 1.34. The largest absolute Gasteiger partial charge is 0.465 e. The highest BCUT2D eigenvalue weighted by atomic mass is 16.5. The number of anilines is 2. The fourth-order valence-electron chi connectivity index (χ4n) is 2.26. The number of ether oxygens (including phenoxy) is 1. The molecule has 0 radical (unpaired) electrons. The Kier molecular flexibility index (Phi) is 3.72. The molecule has 0 spiro atoms. The van der Waals surface area contributed by atoms with Gasteiger partial charge in [-0.2, -0.15) is 0 Å². The van der Waals surface area contributed by atoms with Crippen molar-refractivity contribution in [3.63, 3.8) is 0 Å². The van der Waals surface area contributed by atoms with Crippen molar-refractivity contribution in [2.24, 2.45) is 0 Å². The van der Waals surface area contributed by atoms with E-state index in [9.17, 15) is 9.90 Å². The number of nitrogens with two attached hydrogens (primary N) is 1. The summed E-state index contributed by atoms with van der Waals surface area (Å²) in [5, 5.41) is 9.66. The number of hydrogen-bond acceptors (Lipinski definition) is 5. The zero-order valence-electron chi connectivity index (χ0n) is 10.4. The standard InChI is InChI=1S/C13H18N2O3/c1-18-13(17)9-4-5-12(11(14)7-9)15-6-2-3-10(16)8-15/h4-5,7,10,16H,2-3,6,8,14H2,1H3. The van der Waals surface area contributed by atoms with Crippen molar-refractivity contribution in [3.05, 3.63) is 23.8 Å². The summed E-state index contributed by atoms with van der Waals surface area (Å²) < 4.78 is 4.65. The lowest BCUT2D eigenvalue weighted by molar-refractivity contribution is 0.0600. The first kappa shape index (κ1) is 12.7. The average Bonchev–Trinajstić information content (AvgIpc) is 2.37. The van der Waals surface area contributed by atoms with E-state index in [-0.39, 0.29) is 6.10 Å². The van der Waals surface area contributed by atoms with Crippen molar-refractivity contribution in [1.29, 1.82) is 0 Å². The summed E-state index contributed by atoms with van der Waals surface area (Å²) in [5.74, 6) is -0.396. The molecule has 0 bridgehead atoms. The summed E-state index contributed by atoms with van der Waals surface area (Å²) in [6.45, 7) is 1.46. The van der Waals surface area contributed by atoms with Gasteiger partial charge in [-0.1, -0.05) is 0 Å². The lowest BCUT2D eigenvalue weighted by Crippen LogP contribution is -2.38. The molecule has 1 unspecified atom stereocenters. The Hall–Kier alpha value is -1.75. The van der Waals surface area contributed by atoms with Crippen LogP contribution >= 0.6 is 0 Å². The first-order chi connectivity index (χ1) is 8.61. The van der Waals surface area contributed by atoms with Crippen molar-refractivity contribution in [2.75, 3.05) is 30.8 Å². The molecule has 1 saturated heterocycles. The minimum absolute atomic E-state index is 0.307. The minimum Gasteiger partial charge on any atom is -0.465 e. The van der Waals surface area contributed by atoms with Gasteiger partial charge in [-0.05, 0) is 31.0 Å². The van der Waals surface area contributed by atoms with Crippen LogP contribution in [0.2, 0.25) is 0 Å². The van der Waals surface area contributed by atoms with Crippen molar-refractivity contribution < 1.29 is 14.6 Å². The van der Waals surface area contributed by atoms with E-state index >= 15 is 0 Å². The van der Waals surface area contributed by atoms with Gasteiger partial charge < -0.3 is 20.5 Å². The SMILES string of the molecule is COC(=O)c1ccc(N2CCCC(O)C2)c(N)c1. The van der Waals surface area contributed by atoms with E-state index in [1.165, 1.54) is 7.11 Å². The number of piperidine rings is 1. The predicted octanol–water partition coefficient (Wildman–Crippen LogP) is 1.02. The van der Waals surface area contributed by atoms with Crippen molar-refractivity contribution >= 4 is 17.3 Å². The molecule has 0 saturated carbocycles. The van der Waals surface area contributed by atoms with Crippen LogP contribution in [-0.4, -0.2) is 37.4 Å². The van der Waals surface area contributed by atoms with Crippen molar-refractivity contribution in [1.82, 2.24) is 0 Å². The Morgan fingerprint density at radius 1 is 1.56 bits per heavy atom. The van der Waals surface area contributed by atoms with E-state index in [1.54, 1.807) is 18.2 Å². The number of nitrogens with zero attached hydrogens (tertiary/aromatic N) is 1. The van der Waals surface area contributed by atoms with Gasteiger partial charge >= 0.3 is 5.97 Å². The van der Waals surface area contributed by atoms with Gasteiger partial charge in [0.25, 0.3) is 0 Å². The second-order valence-corrected chi connectivity index (χ2v) is 4.51. The molecule has 0 aliphatic carbocycles. The molecule has 18 heavy (non-hydrogen) atoms. The number of benzene rings is 1. The number of rotatable bonds is 2. The second kappa shape index (κ2) is 5.27. The minimum atomic E-state index is -0.396. The van der Waals surface area contributed by atoms with Crippen LogP contribution in [0.3, 0.4) is 0 Å². The average molecular weight is 250 g/mol. The molecular weight excluding hydrogens is 232 g/mol. The zero-order chi connectivity index (χ0) is 13.1. The third-order valence-corrected chi connectivity index (χ3v) is 3.19. The number of hydrogen-bond donors (Lipinski definition) is 2. The van der Waals surface area contributed by atoms with Gasteiger partial charge in [-0.25, -0.2) is 4.79 Å². The van der Waals surface area contributed by atoms with E-state index in [2.05, 4.69) is 4.74 Å². The fraction of sp³-hybridized carbons (Fsp3) is 0.462. The van der Waals surface area contributed by atoms with E-state index in [0.717, 1.165) is 25.1 Å². The van der Waals surface area contributed by atoms with E-state index in [0.29, 0.717) is 17.8 Å². The maximum absolute atomic E-state index is 11.4. The highest BCUT2D eigenvalue weighted by Gasteiger charge is 2.20. The number of nitrogen functional groups attached to an aromatic ring is 1. The Bertz CT molecular complexity index is 448. The molecule has 1 aliphatic rings. The number of aliphatic hydroxyl groups excluding tert-OH is 1. The molecule has 1 heterocycles. The zero-order valence-corrected chi connectivity index (χ0v) is 10.4. The van der Waals surface area contributed by atoms with Crippen LogP contribution in [0.5, 0.6) is 0 Å². The van der Waals surface area contributed by atoms with Gasteiger partial charge in [0.1, 0.15) is 0 Å². The van der Waals surface area contributed by atoms with Crippen LogP contribution in [0.25, 0.3) is 0 Å².